The van der Waals surface area contributed by atoms with Gasteiger partial charge in [-0.1, -0.05) is 0 Å². The van der Waals surface area contributed by atoms with Crippen molar-refractivity contribution in [2.24, 2.45) is 11.8 Å². The number of ether oxygens (including phenoxy) is 1. The topological polar surface area (TPSA) is 66.8 Å². The van der Waals surface area contributed by atoms with Crippen molar-refractivity contribution in [2.45, 2.75) is 19.3 Å². The van der Waals surface area contributed by atoms with Gasteiger partial charge in [-0.2, -0.15) is 0 Å². The second-order valence-corrected chi connectivity index (χ2v) is 4.62. The van der Waals surface area contributed by atoms with Gasteiger partial charge in [0.05, 0.1) is 19.1 Å². The first-order chi connectivity index (χ1) is 7.66. The summed E-state index contributed by atoms with van der Waals surface area (Å²) >= 11 is 0. The normalized spacial score (nSPS) is 26.2. The molecule has 0 spiro atoms. The molecule has 1 unspecified atom stereocenters. The van der Waals surface area contributed by atoms with Crippen LogP contribution in [0.3, 0.4) is 0 Å². The minimum Gasteiger partial charge on any atom is -0.481 e. The van der Waals surface area contributed by atoms with Gasteiger partial charge in [-0.3, -0.25) is 9.59 Å². The number of piperidine rings is 1. The van der Waals surface area contributed by atoms with Gasteiger partial charge in [0.2, 0.25) is 5.91 Å². The average Bonchev–Trinajstić information content (AvgIpc) is 2.23. The van der Waals surface area contributed by atoms with E-state index in [4.69, 9.17) is 9.84 Å². The number of aliphatic carboxylic acids is 1. The van der Waals surface area contributed by atoms with Crippen LogP contribution in [0, 0.1) is 11.8 Å². The number of hydrogen-bond acceptors (Lipinski definition) is 3. The Labute approximate surface area is 94.4 Å². The molecule has 0 aromatic carbocycles. The molecule has 90 valence electrons. The summed E-state index contributed by atoms with van der Waals surface area (Å²) in [5, 5.41) is 8.92. The molecule has 2 aliphatic rings. The second kappa shape index (κ2) is 4.82. The molecule has 0 aromatic rings. The fraction of sp³-hybridized carbons (Fsp3) is 0.818. The van der Waals surface area contributed by atoms with Gasteiger partial charge in [0.1, 0.15) is 0 Å². The maximum atomic E-state index is 11.8. The summed E-state index contributed by atoms with van der Waals surface area (Å²) in [7, 11) is 0. The Morgan fingerprint density at radius 2 is 2.12 bits per heavy atom. The number of carboxylic acids is 1. The van der Waals surface area contributed by atoms with Crippen LogP contribution in [-0.4, -0.2) is 48.2 Å². The largest absolute Gasteiger partial charge is 0.481 e. The molecular formula is C11H17NO4. The van der Waals surface area contributed by atoms with Crippen LogP contribution >= 0.6 is 0 Å². The van der Waals surface area contributed by atoms with Gasteiger partial charge in [-0.15, -0.1) is 0 Å². The zero-order valence-electron chi connectivity index (χ0n) is 9.22. The molecule has 0 bridgehead atoms. The van der Waals surface area contributed by atoms with Crippen LogP contribution < -0.4 is 0 Å². The highest BCUT2D eigenvalue weighted by Gasteiger charge is 2.30. The average molecular weight is 227 g/mol. The lowest BCUT2D eigenvalue weighted by Gasteiger charge is -2.33. The smallest absolute Gasteiger partial charge is 0.308 e. The van der Waals surface area contributed by atoms with Gasteiger partial charge >= 0.3 is 5.97 Å². The predicted molar refractivity (Wildman–Crippen MR) is 55.9 cm³/mol. The van der Waals surface area contributed by atoms with Gasteiger partial charge < -0.3 is 14.7 Å². The molecule has 2 heterocycles. The van der Waals surface area contributed by atoms with Crippen molar-refractivity contribution in [1.29, 1.82) is 0 Å². The molecule has 1 N–H and O–H groups in total. The van der Waals surface area contributed by atoms with Crippen LogP contribution in [0.5, 0.6) is 0 Å². The van der Waals surface area contributed by atoms with Crippen LogP contribution in [-0.2, 0) is 14.3 Å². The fourth-order valence-electron chi connectivity index (χ4n) is 2.18. The molecule has 2 saturated heterocycles. The number of likely N-dealkylation sites (tertiary alicyclic amines) is 1. The third-order valence-corrected chi connectivity index (χ3v) is 3.29. The van der Waals surface area contributed by atoms with Crippen molar-refractivity contribution in [1.82, 2.24) is 4.90 Å². The number of carbonyl (C=O) groups excluding carboxylic acids is 1. The first-order valence-electron chi connectivity index (χ1n) is 5.75. The van der Waals surface area contributed by atoms with E-state index < -0.39 is 5.97 Å². The van der Waals surface area contributed by atoms with Crippen molar-refractivity contribution in [3.05, 3.63) is 0 Å². The highest BCUT2D eigenvalue weighted by atomic mass is 16.5. The Balaban J connectivity index is 1.83. The lowest BCUT2D eigenvalue weighted by atomic mass is 9.96. The highest BCUT2D eigenvalue weighted by Crippen LogP contribution is 2.20. The van der Waals surface area contributed by atoms with E-state index in [1.165, 1.54) is 0 Å². The van der Waals surface area contributed by atoms with Crippen molar-refractivity contribution in [2.75, 3.05) is 26.3 Å². The Kier molecular flexibility index (Phi) is 3.43. The predicted octanol–water partition coefficient (Wildman–Crippen LogP) is 0.346. The highest BCUT2D eigenvalue weighted by molar-refractivity contribution is 5.78. The lowest BCUT2D eigenvalue weighted by molar-refractivity contribution is -0.147. The first-order valence-corrected chi connectivity index (χ1v) is 5.75. The number of rotatable bonds is 3. The molecule has 2 aliphatic heterocycles. The van der Waals surface area contributed by atoms with Gasteiger partial charge in [0.25, 0.3) is 0 Å². The molecule has 2 fully saturated rings. The van der Waals surface area contributed by atoms with Gasteiger partial charge in [-0.25, -0.2) is 0 Å². The Morgan fingerprint density at radius 1 is 1.38 bits per heavy atom. The summed E-state index contributed by atoms with van der Waals surface area (Å²) in [4.78, 5) is 24.4. The van der Waals surface area contributed by atoms with E-state index in [0.29, 0.717) is 45.1 Å². The fourth-order valence-corrected chi connectivity index (χ4v) is 2.18. The Bertz CT molecular complexity index is 288. The standard InChI is InChI=1S/C11H17NO4/c13-10(4-8-6-16-7-8)12-3-1-2-9(5-12)11(14)15/h8-9H,1-7H2,(H,14,15). The van der Waals surface area contributed by atoms with E-state index in [1.54, 1.807) is 4.90 Å². The molecule has 5 heteroatoms. The molecule has 5 nitrogen and oxygen atoms in total. The molecule has 0 radical (unpaired) electrons. The third-order valence-electron chi connectivity index (χ3n) is 3.29. The molecule has 0 saturated carbocycles. The van der Waals surface area contributed by atoms with E-state index in [0.717, 1.165) is 6.42 Å². The van der Waals surface area contributed by atoms with Crippen molar-refractivity contribution < 1.29 is 19.4 Å². The minimum atomic E-state index is -0.788. The van der Waals surface area contributed by atoms with Gasteiger partial charge in [0, 0.05) is 25.4 Å². The summed E-state index contributed by atoms with van der Waals surface area (Å²) in [5.74, 6) is -0.739. The number of carbonyl (C=O) groups is 2. The first kappa shape index (κ1) is 11.4. The van der Waals surface area contributed by atoms with Crippen LogP contribution in [0.1, 0.15) is 19.3 Å². The maximum absolute atomic E-state index is 11.8. The molecule has 1 amide bonds. The number of nitrogens with zero attached hydrogens (tertiary/aromatic N) is 1. The van der Waals surface area contributed by atoms with E-state index in [9.17, 15) is 9.59 Å². The quantitative estimate of drug-likeness (QED) is 0.755. The molecule has 0 aromatic heterocycles. The SMILES string of the molecule is O=C(O)C1CCCN(C(=O)CC2COC2)C1. The molecule has 0 aliphatic carbocycles. The van der Waals surface area contributed by atoms with E-state index in [-0.39, 0.29) is 11.8 Å². The maximum Gasteiger partial charge on any atom is 0.308 e. The second-order valence-electron chi connectivity index (χ2n) is 4.62. The van der Waals surface area contributed by atoms with Crippen LogP contribution in [0.15, 0.2) is 0 Å². The van der Waals surface area contributed by atoms with Crippen molar-refractivity contribution >= 4 is 11.9 Å². The van der Waals surface area contributed by atoms with E-state index >= 15 is 0 Å². The van der Waals surface area contributed by atoms with Crippen LogP contribution in [0.4, 0.5) is 0 Å². The molecule has 16 heavy (non-hydrogen) atoms. The summed E-state index contributed by atoms with van der Waals surface area (Å²) < 4.78 is 5.02. The third kappa shape index (κ3) is 2.52. The summed E-state index contributed by atoms with van der Waals surface area (Å²) in [6, 6.07) is 0. The van der Waals surface area contributed by atoms with Crippen molar-refractivity contribution in [3.63, 3.8) is 0 Å². The van der Waals surface area contributed by atoms with E-state index in [2.05, 4.69) is 0 Å². The van der Waals surface area contributed by atoms with Gasteiger partial charge in [0.15, 0.2) is 0 Å². The summed E-state index contributed by atoms with van der Waals surface area (Å²) in [6.45, 7) is 2.42. The summed E-state index contributed by atoms with van der Waals surface area (Å²) in [6.07, 6.45) is 1.99. The number of carboxylic acid groups (broad SMARTS) is 1. The Hall–Kier alpha value is -1.10. The van der Waals surface area contributed by atoms with E-state index in [1.807, 2.05) is 0 Å². The van der Waals surface area contributed by atoms with Crippen molar-refractivity contribution in [3.8, 4) is 0 Å². The monoisotopic (exact) mass is 227 g/mol. The summed E-state index contributed by atoms with van der Waals surface area (Å²) in [5.41, 5.74) is 0. The Morgan fingerprint density at radius 3 is 2.69 bits per heavy atom. The number of hydrogen-bond donors (Lipinski definition) is 1. The number of amides is 1. The lowest BCUT2D eigenvalue weighted by Crippen LogP contribution is -2.44. The zero-order chi connectivity index (χ0) is 11.5. The zero-order valence-corrected chi connectivity index (χ0v) is 9.22. The van der Waals surface area contributed by atoms with Crippen LogP contribution in [0.2, 0.25) is 0 Å². The van der Waals surface area contributed by atoms with Gasteiger partial charge in [-0.05, 0) is 12.8 Å². The molecular weight excluding hydrogens is 210 g/mol. The minimum absolute atomic E-state index is 0.0826. The molecule has 2 rings (SSSR count). The van der Waals surface area contributed by atoms with Crippen LogP contribution in [0.25, 0.3) is 0 Å². The molecule has 1 atom stereocenters.